The SMILES string of the molecule is O=C(O)N1CCCCC1OP(=O)(O)O. The number of nitrogens with zero attached hydrogens (tertiary/aromatic N) is 1. The maximum absolute atomic E-state index is 10.6. The van der Waals surface area contributed by atoms with Crippen LogP contribution >= 0.6 is 7.82 Å². The molecule has 1 rings (SSSR count). The molecule has 0 bridgehead atoms. The largest absolute Gasteiger partial charge is 0.471 e. The molecule has 1 fully saturated rings. The van der Waals surface area contributed by atoms with Gasteiger partial charge in [0.15, 0.2) is 0 Å². The van der Waals surface area contributed by atoms with Crippen LogP contribution in [0.2, 0.25) is 0 Å². The molecule has 1 saturated heterocycles. The molecule has 0 radical (unpaired) electrons. The van der Waals surface area contributed by atoms with Gasteiger partial charge in [0.25, 0.3) is 0 Å². The Morgan fingerprint density at radius 2 is 2.07 bits per heavy atom. The van der Waals surface area contributed by atoms with Gasteiger partial charge in [-0.05, 0) is 19.3 Å². The molecule has 1 aliphatic rings. The van der Waals surface area contributed by atoms with Crippen LogP contribution in [0.25, 0.3) is 0 Å². The van der Waals surface area contributed by atoms with Gasteiger partial charge in [0.1, 0.15) is 6.23 Å². The summed E-state index contributed by atoms with van der Waals surface area (Å²) in [5.41, 5.74) is 0. The molecule has 1 aliphatic heterocycles. The summed E-state index contributed by atoms with van der Waals surface area (Å²) in [7, 11) is -4.62. The Bertz CT molecular complexity index is 263. The highest BCUT2D eigenvalue weighted by molar-refractivity contribution is 7.46. The fraction of sp³-hybridized carbons (Fsp3) is 0.833. The summed E-state index contributed by atoms with van der Waals surface area (Å²) in [5, 5.41) is 8.70. The number of phosphoric ester groups is 1. The van der Waals surface area contributed by atoms with E-state index in [1.807, 2.05) is 0 Å². The molecule has 0 aromatic heterocycles. The highest BCUT2D eigenvalue weighted by Gasteiger charge is 2.32. The third kappa shape index (κ3) is 3.26. The van der Waals surface area contributed by atoms with Crippen LogP contribution in [-0.4, -0.2) is 38.7 Å². The fourth-order valence-electron chi connectivity index (χ4n) is 1.39. The number of carboxylic acid groups (broad SMARTS) is 1. The van der Waals surface area contributed by atoms with Gasteiger partial charge in [0.05, 0.1) is 0 Å². The Labute approximate surface area is 80.5 Å². The van der Waals surface area contributed by atoms with Crippen molar-refractivity contribution in [2.45, 2.75) is 25.5 Å². The van der Waals surface area contributed by atoms with Crippen LogP contribution in [-0.2, 0) is 9.09 Å². The molecule has 3 N–H and O–H groups in total. The predicted octanol–water partition coefficient (Wildman–Crippen LogP) is 0.586. The van der Waals surface area contributed by atoms with Gasteiger partial charge in [-0.2, -0.15) is 0 Å². The Kier molecular flexibility index (Phi) is 3.49. The Hall–Kier alpha value is -0.620. The van der Waals surface area contributed by atoms with Crippen molar-refractivity contribution >= 4 is 13.9 Å². The second-order valence-electron chi connectivity index (χ2n) is 3.02. The van der Waals surface area contributed by atoms with Gasteiger partial charge in [0, 0.05) is 6.54 Å². The van der Waals surface area contributed by atoms with Crippen LogP contribution in [0.3, 0.4) is 0 Å². The second-order valence-corrected chi connectivity index (χ2v) is 4.21. The maximum Gasteiger partial charge on any atom is 0.471 e. The summed E-state index contributed by atoms with van der Waals surface area (Å²) >= 11 is 0. The van der Waals surface area contributed by atoms with E-state index < -0.39 is 20.1 Å². The Balaban J connectivity index is 2.63. The maximum atomic E-state index is 10.6. The average Bonchev–Trinajstić information content (AvgIpc) is 2.01. The van der Waals surface area contributed by atoms with Crippen LogP contribution in [0.15, 0.2) is 0 Å². The summed E-state index contributed by atoms with van der Waals surface area (Å²) < 4.78 is 14.9. The zero-order valence-corrected chi connectivity index (χ0v) is 8.26. The van der Waals surface area contributed by atoms with Crippen molar-refractivity contribution in [1.29, 1.82) is 0 Å². The van der Waals surface area contributed by atoms with E-state index in [1.54, 1.807) is 0 Å². The summed E-state index contributed by atoms with van der Waals surface area (Å²) in [6.45, 7) is 0.250. The number of phosphoric acid groups is 1. The van der Waals surface area contributed by atoms with Crippen molar-refractivity contribution in [3.8, 4) is 0 Å². The molecule has 82 valence electrons. The predicted molar refractivity (Wildman–Crippen MR) is 45.5 cm³/mol. The van der Waals surface area contributed by atoms with Crippen molar-refractivity contribution < 1.29 is 28.8 Å². The molecule has 0 aromatic carbocycles. The van der Waals surface area contributed by atoms with E-state index in [0.29, 0.717) is 19.3 Å². The molecule has 0 aliphatic carbocycles. The Morgan fingerprint density at radius 3 is 2.57 bits per heavy atom. The number of piperidine rings is 1. The van der Waals surface area contributed by atoms with Crippen molar-refractivity contribution in [3.63, 3.8) is 0 Å². The molecule has 7 nitrogen and oxygen atoms in total. The van der Waals surface area contributed by atoms with E-state index in [2.05, 4.69) is 4.52 Å². The minimum Gasteiger partial charge on any atom is -0.465 e. The minimum absolute atomic E-state index is 0.250. The van der Waals surface area contributed by atoms with Gasteiger partial charge in [-0.3, -0.25) is 9.42 Å². The lowest BCUT2D eigenvalue weighted by molar-refractivity contribution is -0.0106. The van der Waals surface area contributed by atoms with Crippen LogP contribution in [0, 0.1) is 0 Å². The van der Waals surface area contributed by atoms with E-state index in [-0.39, 0.29) is 6.54 Å². The minimum atomic E-state index is -4.62. The monoisotopic (exact) mass is 225 g/mol. The standard InChI is InChI=1S/C6H12NO6P/c8-6(9)7-4-2-1-3-5(7)13-14(10,11)12/h5H,1-4H2,(H,8,9)(H2,10,11,12). The summed E-state index contributed by atoms with van der Waals surface area (Å²) in [4.78, 5) is 28.6. The van der Waals surface area contributed by atoms with Crippen molar-refractivity contribution in [3.05, 3.63) is 0 Å². The molecule has 1 heterocycles. The first-order valence-corrected chi connectivity index (χ1v) is 5.67. The zero-order chi connectivity index (χ0) is 10.8. The zero-order valence-electron chi connectivity index (χ0n) is 7.37. The topological polar surface area (TPSA) is 107 Å². The molecule has 8 heteroatoms. The van der Waals surface area contributed by atoms with E-state index in [0.717, 1.165) is 4.90 Å². The molecule has 1 unspecified atom stereocenters. The highest BCUT2D eigenvalue weighted by Crippen LogP contribution is 2.40. The molecule has 1 atom stereocenters. The summed E-state index contributed by atoms with van der Waals surface area (Å²) in [6.07, 6.45) is -0.538. The van der Waals surface area contributed by atoms with Crippen LogP contribution in [0.4, 0.5) is 4.79 Å². The lowest BCUT2D eigenvalue weighted by Crippen LogP contribution is -2.43. The van der Waals surface area contributed by atoms with Crippen molar-refractivity contribution in [1.82, 2.24) is 4.90 Å². The van der Waals surface area contributed by atoms with Gasteiger partial charge < -0.3 is 14.9 Å². The first-order chi connectivity index (χ1) is 6.40. The number of carbonyl (C=O) groups is 1. The molecule has 0 saturated carbocycles. The number of likely N-dealkylation sites (tertiary alicyclic amines) is 1. The average molecular weight is 225 g/mol. The van der Waals surface area contributed by atoms with Crippen molar-refractivity contribution in [2.75, 3.05) is 6.54 Å². The van der Waals surface area contributed by atoms with Crippen molar-refractivity contribution in [2.24, 2.45) is 0 Å². The van der Waals surface area contributed by atoms with Gasteiger partial charge in [0.2, 0.25) is 0 Å². The normalized spacial score (nSPS) is 23.6. The number of hydrogen-bond acceptors (Lipinski definition) is 3. The van der Waals surface area contributed by atoms with E-state index >= 15 is 0 Å². The number of rotatable bonds is 2. The number of amides is 1. The van der Waals surface area contributed by atoms with Gasteiger partial charge >= 0.3 is 13.9 Å². The molecule has 0 spiro atoms. The highest BCUT2D eigenvalue weighted by atomic mass is 31.2. The van der Waals surface area contributed by atoms with Crippen LogP contribution in [0.5, 0.6) is 0 Å². The quantitative estimate of drug-likeness (QED) is 0.593. The van der Waals surface area contributed by atoms with E-state index in [9.17, 15) is 9.36 Å². The molecular weight excluding hydrogens is 213 g/mol. The third-order valence-electron chi connectivity index (χ3n) is 1.95. The smallest absolute Gasteiger partial charge is 0.465 e. The first kappa shape index (κ1) is 11.5. The fourth-order valence-corrected chi connectivity index (χ4v) is 1.92. The van der Waals surface area contributed by atoms with Gasteiger partial charge in [-0.15, -0.1) is 0 Å². The molecule has 14 heavy (non-hydrogen) atoms. The van der Waals surface area contributed by atoms with Crippen LogP contribution in [0.1, 0.15) is 19.3 Å². The van der Waals surface area contributed by atoms with Gasteiger partial charge in [-0.1, -0.05) is 0 Å². The third-order valence-corrected chi connectivity index (χ3v) is 2.47. The first-order valence-electron chi connectivity index (χ1n) is 4.13. The lowest BCUT2D eigenvalue weighted by Gasteiger charge is -2.32. The van der Waals surface area contributed by atoms with Crippen LogP contribution < -0.4 is 0 Å². The van der Waals surface area contributed by atoms with E-state index in [1.165, 1.54) is 0 Å². The Morgan fingerprint density at radius 1 is 1.43 bits per heavy atom. The summed E-state index contributed by atoms with van der Waals surface area (Å²) in [6, 6.07) is 0. The molecular formula is C6H12NO6P. The molecule has 1 amide bonds. The van der Waals surface area contributed by atoms with E-state index in [4.69, 9.17) is 14.9 Å². The number of hydrogen-bond donors (Lipinski definition) is 3. The summed E-state index contributed by atoms with van der Waals surface area (Å²) in [5.74, 6) is 0. The van der Waals surface area contributed by atoms with Gasteiger partial charge in [-0.25, -0.2) is 9.36 Å². The second kappa shape index (κ2) is 4.27. The lowest BCUT2D eigenvalue weighted by atomic mass is 10.1. The molecule has 0 aromatic rings.